The minimum Gasteiger partial charge on any atom is -0.443 e. The van der Waals surface area contributed by atoms with Gasteiger partial charge in [-0.25, -0.2) is 9.59 Å². The Morgan fingerprint density at radius 2 is 1.26 bits per heavy atom. The van der Waals surface area contributed by atoms with Gasteiger partial charge in [-0.05, 0) is 65.8 Å². The number of hydrogen-bond donors (Lipinski definition) is 0. The molecule has 6 nitrogen and oxygen atoms in total. The Morgan fingerprint density at radius 3 is 1.57 bits per heavy atom. The first-order valence-corrected chi connectivity index (χ1v) is 7.24. The first-order chi connectivity index (χ1) is 10.4. The van der Waals surface area contributed by atoms with E-state index in [1.54, 1.807) is 41.5 Å². The lowest BCUT2D eigenvalue weighted by Crippen LogP contribution is -2.43. The van der Waals surface area contributed by atoms with E-state index < -0.39 is 23.4 Å². The first-order valence-electron chi connectivity index (χ1n) is 7.24. The monoisotopic (exact) mass is 321 g/mol. The van der Waals surface area contributed by atoms with E-state index in [0.717, 1.165) is 4.90 Å². The summed E-state index contributed by atoms with van der Waals surface area (Å²) >= 11 is 0. The van der Waals surface area contributed by atoms with Crippen LogP contribution in [0.25, 0.3) is 0 Å². The van der Waals surface area contributed by atoms with Gasteiger partial charge in [0.15, 0.2) is 0 Å². The lowest BCUT2D eigenvalue weighted by atomic mass is 10.2. The lowest BCUT2D eigenvalue weighted by molar-refractivity contribution is 0.0430. The number of carbonyl (C=O) groups is 3. The quantitative estimate of drug-likeness (QED) is 0.764. The third-order valence-corrected chi connectivity index (χ3v) is 2.44. The Morgan fingerprint density at radius 1 is 0.870 bits per heavy atom. The normalized spacial score (nSPS) is 11.6. The van der Waals surface area contributed by atoms with Crippen LogP contribution in [0.4, 0.5) is 15.3 Å². The van der Waals surface area contributed by atoms with Crippen LogP contribution in [0.5, 0.6) is 0 Å². The highest BCUT2D eigenvalue weighted by molar-refractivity contribution is 6.09. The Bertz CT molecular complexity index is 550. The smallest absolute Gasteiger partial charge is 0.424 e. The second kappa shape index (κ2) is 6.81. The zero-order chi connectivity index (χ0) is 17.8. The maximum atomic E-state index is 12.4. The molecular weight excluding hydrogens is 298 g/mol. The Kier molecular flexibility index (Phi) is 5.53. The fourth-order valence-corrected chi connectivity index (χ4v) is 1.60. The van der Waals surface area contributed by atoms with E-state index in [-0.39, 0.29) is 5.69 Å². The third kappa shape index (κ3) is 6.10. The van der Waals surface area contributed by atoms with Crippen molar-refractivity contribution in [3.8, 4) is 0 Å². The second-order valence-corrected chi connectivity index (χ2v) is 7.01. The molecule has 1 rings (SSSR count). The van der Waals surface area contributed by atoms with Crippen molar-refractivity contribution >= 4 is 24.2 Å². The minimum absolute atomic E-state index is 0.263. The Balaban J connectivity index is 3.16. The number of benzene rings is 1. The van der Waals surface area contributed by atoms with Crippen LogP contribution in [0.3, 0.4) is 0 Å². The van der Waals surface area contributed by atoms with Crippen LogP contribution in [-0.4, -0.2) is 29.7 Å². The number of imide groups is 1. The number of aldehydes is 1. The number of anilines is 1. The van der Waals surface area contributed by atoms with Crippen molar-refractivity contribution in [2.45, 2.75) is 52.7 Å². The highest BCUT2D eigenvalue weighted by atomic mass is 16.6. The molecule has 0 radical (unpaired) electrons. The van der Waals surface area contributed by atoms with E-state index in [1.165, 1.54) is 24.3 Å². The summed E-state index contributed by atoms with van der Waals surface area (Å²) in [6.45, 7) is 10.2. The maximum Gasteiger partial charge on any atom is 0.424 e. The van der Waals surface area contributed by atoms with E-state index in [2.05, 4.69) is 0 Å². The van der Waals surface area contributed by atoms with E-state index in [0.29, 0.717) is 11.8 Å². The summed E-state index contributed by atoms with van der Waals surface area (Å²) in [5.41, 5.74) is -0.832. The molecule has 0 aliphatic carbocycles. The number of carbonyl (C=O) groups excluding carboxylic acids is 3. The van der Waals surface area contributed by atoms with E-state index >= 15 is 0 Å². The summed E-state index contributed by atoms with van der Waals surface area (Å²) in [5, 5.41) is 0. The summed E-state index contributed by atoms with van der Waals surface area (Å²) in [6, 6.07) is 5.98. The summed E-state index contributed by atoms with van der Waals surface area (Å²) in [5.74, 6) is 0. The molecule has 0 atom stereocenters. The fourth-order valence-electron chi connectivity index (χ4n) is 1.60. The van der Waals surface area contributed by atoms with Crippen LogP contribution in [0, 0.1) is 0 Å². The largest absolute Gasteiger partial charge is 0.443 e. The van der Waals surface area contributed by atoms with Crippen molar-refractivity contribution in [1.29, 1.82) is 0 Å². The van der Waals surface area contributed by atoms with Crippen molar-refractivity contribution in [2.24, 2.45) is 0 Å². The van der Waals surface area contributed by atoms with Gasteiger partial charge < -0.3 is 9.47 Å². The molecule has 0 aromatic heterocycles. The molecule has 0 unspecified atom stereocenters. The molecule has 6 heteroatoms. The maximum absolute atomic E-state index is 12.4. The molecule has 0 fully saturated rings. The predicted octanol–water partition coefficient (Wildman–Crippen LogP) is 4.18. The van der Waals surface area contributed by atoms with Gasteiger partial charge in [-0.1, -0.05) is 0 Å². The summed E-state index contributed by atoms with van der Waals surface area (Å²) in [4.78, 5) is 36.3. The summed E-state index contributed by atoms with van der Waals surface area (Å²) in [7, 11) is 0. The average Bonchev–Trinajstić information content (AvgIpc) is 2.35. The molecule has 1 aromatic carbocycles. The highest BCUT2D eigenvalue weighted by Crippen LogP contribution is 2.22. The molecule has 1 aromatic rings. The Hall–Kier alpha value is -2.37. The van der Waals surface area contributed by atoms with Crippen molar-refractivity contribution < 1.29 is 23.9 Å². The van der Waals surface area contributed by atoms with Crippen LogP contribution < -0.4 is 4.90 Å². The fraction of sp³-hybridized carbons (Fsp3) is 0.471. The molecule has 0 aliphatic heterocycles. The van der Waals surface area contributed by atoms with Gasteiger partial charge in [0, 0.05) is 5.56 Å². The number of hydrogen-bond acceptors (Lipinski definition) is 5. The third-order valence-electron chi connectivity index (χ3n) is 2.44. The molecule has 2 amide bonds. The van der Waals surface area contributed by atoms with Gasteiger partial charge in [0.1, 0.15) is 17.5 Å². The van der Waals surface area contributed by atoms with Crippen LogP contribution in [0.2, 0.25) is 0 Å². The molecule has 23 heavy (non-hydrogen) atoms. The number of ether oxygens (including phenoxy) is 2. The molecule has 0 saturated heterocycles. The van der Waals surface area contributed by atoms with Gasteiger partial charge in [-0.3, -0.25) is 4.79 Å². The molecule has 126 valence electrons. The minimum atomic E-state index is -0.842. The number of nitrogens with zero attached hydrogens (tertiary/aromatic N) is 1. The predicted molar refractivity (Wildman–Crippen MR) is 86.8 cm³/mol. The zero-order valence-electron chi connectivity index (χ0n) is 14.4. The topological polar surface area (TPSA) is 72.9 Å². The second-order valence-electron chi connectivity index (χ2n) is 7.01. The van der Waals surface area contributed by atoms with E-state index in [4.69, 9.17) is 9.47 Å². The van der Waals surface area contributed by atoms with E-state index in [1.807, 2.05) is 0 Å². The molecule has 0 aliphatic rings. The van der Waals surface area contributed by atoms with Crippen molar-refractivity contribution in [2.75, 3.05) is 4.90 Å². The highest BCUT2D eigenvalue weighted by Gasteiger charge is 2.32. The standard InChI is InChI=1S/C17H23NO5/c1-16(2,3)22-14(20)18(15(21)23-17(4,5)6)13-9-7-12(11-19)8-10-13/h7-11H,1-6H3. The first kappa shape index (κ1) is 18.7. The molecule has 0 bridgehead atoms. The lowest BCUT2D eigenvalue weighted by Gasteiger charge is -2.28. The van der Waals surface area contributed by atoms with Crippen LogP contribution in [0.1, 0.15) is 51.9 Å². The van der Waals surface area contributed by atoms with Gasteiger partial charge in [0.2, 0.25) is 0 Å². The van der Waals surface area contributed by atoms with Gasteiger partial charge in [-0.15, -0.1) is 0 Å². The zero-order valence-corrected chi connectivity index (χ0v) is 14.4. The van der Waals surface area contributed by atoms with Gasteiger partial charge in [0.25, 0.3) is 0 Å². The van der Waals surface area contributed by atoms with Crippen molar-refractivity contribution in [3.05, 3.63) is 29.8 Å². The Labute approximate surface area is 136 Å². The van der Waals surface area contributed by atoms with Gasteiger partial charge in [-0.2, -0.15) is 4.90 Å². The molecular formula is C17H23NO5. The average molecular weight is 321 g/mol. The summed E-state index contributed by atoms with van der Waals surface area (Å²) in [6.07, 6.45) is -1.01. The van der Waals surface area contributed by atoms with Crippen LogP contribution in [-0.2, 0) is 9.47 Å². The molecule has 0 heterocycles. The summed E-state index contributed by atoms with van der Waals surface area (Å²) < 4.78 is 10.5. The van der Waals surface area contributed by atoms with Crippen molar-refractivity contribution in [1.82, 2.24) is 0 Å². The molecule has 0 spiro atoms. The molecule has 0 N–H and O–H groups in total. The van der Waals surface area contributed by atoms with Crippen LogP contribution in [0.15, 0.2) is 24.3 Å². The number of rotatable bonds is 2. The van der Waals surface area contributed by atoms with Crippen molar-refractivity contribution in [3.63, 3.8) is 0 Å². The van der Waals surface area contributed by atoms with Gasteiger partial charge >= 0.3 is 12.2 Å². The molecule has 0 saturated carbocycles. The van der Waals surface area contributed by atoms with Crippen LogP contribution >= 0.6 is 0 Å². The van der Waals surface area contributed by atoms with E-state index in [9.17, 15) is 14.4 Å². The van der Waals surface area contributed by atoms with Gasteiger partial charge in [0.05, 0.1) is 5.69 Å². The SMILES string of the molecule is CC(C)(C)OC(=O)N(C(=O)OC(C)(C)C)c1ccc(C=O)cc1. The number of amides is 2.